The molecule has 32 heteroatoms. The maximum absolute atomic E-state index is 14.5. The fourth-order valence-electron chi connectivity index (χ4n) is 9.59. The average molecular weight is 1250 g/mol. The predicted octanol–water partition coefficient (Wildman–Crippen LogP) is -3.58. The molecule has 20 N–H and O–H groups in total. The van der Waals surface area contributed by atoms with Crippen molar-refractivity contribution in [2.45, 2.75) is 132 Å². The summed E-state index contributed by atoms with van der Waals surface area (Å²) in [6, 6.07) is -0.273. The first-order valence-electron chi connectivity index (χ1n) is 28.3. The molecule has 0 radical (unpaired) electrons. The number of para-hydroxylation sites is 1. The second-order valence-corrected chi connectivity index (χ2v) is 21.8. The number of guanidine groups is 1. The van der Waals surface area contributed by atoms with Gasteiger partial charge in [0, 0.05) is 73.5 Å². The van der Waals surface area contributed by atoms with Gasteiger partial charge in [-0.2, -0.15) is 12.6 Å². The van der Waals surface area contributed by atoms with E-state index in [4.69, 9.17) is 27.4 Å². The van der Waals surface area contributed by atoms with Gasteiger partial charge in [0.15, 0.2) is 5.96 Å². The van der Waals surface area contributed by atoms with E-state index in [2.05, 4.69) is 75.1 Å². The molecule has 0 saturated carbocycles. The Morgan fingerprint density at radius 1 is 0.716 bits per heavy atom. The number of rotatable bonds is 35. The van der Waals surface area contributed by atoms with Gasteiger partial charge in [0.2, 0.25) is 53.2 Å². The fraction of sp³-hybridized carbons (Fsp3) is 0.482. The zero-order valence-corrected chi connectivity index (χ0v) is 49.4. The molecule has 1 aliphatic heterocycles. The first-order valence-corrected chi connectivity index (χ1v) is 29.0. The number of carbonyl (C=O) groups excluding carboxylic acids is 9. The van der Waals surface area contributed by atoms with Crippen molar-refractivity contribution in [2.24, 2.45) is 28.1 Å². The summed E-state index contributed by atoms with van der Waals surface area (Å²) in [6.07, 6.45) is 3.68. The molecule has 478 valence electrons. The van der Waals surface area contributed by atoms with Gasteiger partial charge >= 0.3 is 11.9 Å². The van der Waals surface area contributed by atoms with Crippen LogP contribution < -0.4 is 59.7 Å². The number of aromatic hydroxyl groups is 1. The number of aliphatic imine (C=N–C) groups is 1. The topological polar surface area (TPSA) is 503 Å². The molecule has 3 heterocycles. The third-order valence-corrected chi connectivity index (χ3v) is 14.5. The van der Waals surface area contributed by atoms with Crippen LogP contribution in [-0.4, -0.2) is 198 Å². The molecule has 1 aliphatic rings. The first-order chi connectivity index (χ1) is 41.9. The number of benzene rings is 2. The number of fused-ring (bicyclic) bond motifs is 1. The van der Waals surface area contributed by atoms with Gasteiger partial charge < -0.3 is 95.0 Å². The van der Waals surface area contributed by atoms with E-state index in [1.54, 1.807) is 44.3 Å². The number of phenolic OH excluding ortho intramolecular Hbond substituents is 1. The van der Waals surface area contributed by atoms with Gasteiger partial charge in [-0.3, -0.25) is 57.7 Å². The van der Waals surface area contributed by atoms with E-state index < -0.39 is 139 Å². The normalized spacial score (nSPS) is 15.6. The molecular weight excluding hydrogens is 1170 g/mol. The van der Waals surface area contributed by atoms with Crippen LogP contribution in [0.25, 0.3) is 10.9 Å². The smallest absolute Gasteiger partial charge is 0.322 e. The molecule has 2 aromatic heterocycles. The Hall–Kier alpha value is -9.30. The second kappa shape index (κ2) is 34.1. The van der Waals surface area contributed by atoms with E-state index >= 15 is 0 Å². The van der Waals surface area contributed by atoms with Crippen molar-refractivity contribution in [3.05, 3.63) is 84.1 Å². The maximum Gasteiger partial charge on any atom is 0.322 e. The number of hydrogen-bond acceptors (Lipinski definition) is 17. The summed E-state index contributed by atoms with van der Waals surface area (Å²) in [5, 5.41) is 60.0. The van der Waals surface area contributed by atoms with Crippen molar-refractivity contribution in [3.63, 3.8) is 0 Å². The van der Waals surface area contributed by atoms with Crippen molar-refractivity contribution in [1.29, 1.82) is 0 Å². The average Bonchev–Trinajstić information content (AvgIpc) is 4.46. The highest BCUT2D eigenvalue weighted by molar-refractivity contribution is 7.80. The molecule has 0 unspecified atom stereocenters. The Morgan fingerprint density at radius 3 is 1.91 bits per heavy atom. The lowest BCUT2D eigenvalue weighted by atomic mass is 10.0. The summed E-state index contributed by atoms with van der Waals surface area (Å²) in [4.78, 5) is 164. The number of carbonyl (C=O) groups is 11. The molecule has 0 spiro atoms. The molecule has 9 amide bonds. The van der Waals surface area contributed by atoms with Crippen LogP contribution in [-0.2, 0) is 72.0 Å². The van der Waals surface area contributed by atoms with Crippen molar-refractivity contribution >= 4 is 94.6 Å². The van der Waals surface area contributed by atoms with Gasteiger partial charge in [0.05, 0.1) is 19.0 Å². The minimum Gasteiger partial charge on any atom is -0.508 e. The zero-order valence-electron chi connectivity index (χ0n) is 48.5. The lowest BCUT2D eigenvalue weighted by Crippen LogP contribution is -2.61. The van der Waals surface area contributed by atoms with Crippen LogP contribution in [0.2, 0.25) is 0 Å². The lowest BCUT2D eigenvalue weighted by Gasteiger charge is -2.30. The van der Waals surface area contributed by atoms with Crippen LogP contribution in [0, 0.1) is 5.92 Å². The highest BCUT2D eigenvalue weighted by atomic mass is 32.1. The summed E-state index contributed by atoms with van der Waals surface area (Å²) in [7, 11) is 0. The van der Waals surface area contributed by atoms with Crippen molar-refractivity contribution < 1.29 is 73.2 Å². The number of phenols is 1. The number of hydrogen-bond donors (Lipinski definition) is 18. The van der Waals surface area contributed by atoms with Crippen LogP contribution in [0.4, 0.5) is 0 Å². The van der Waals surface area contributed by atoms with Gasteiger partial charge in [-0.15, -0.1) is 0 Å². The number of aliphatic carboxylic acids is 2. The molecule has 0 aliphatic carbocycles. The third-order valence-electron chi connectivity index (χ3n) is 14.1. The molecular formula is C56H78N16O15S. The Morgan fingerprint density at radius 2 is 1.30 bits per heavy atom. The lowest BCUT2D eigenvalue weighted by molar-refractivity contribution is -0.143. The quantitative estimate of drug-likeness (QED) is 0.00917. The number of nitrogens with zero attached hydrogens (tertiary/aromatic N) is 3. The van der Waals surface area contributed by atoms with Crippen molar-refractivity contribution in [1.82, 2.24) is 62.4 Å². The first kappa shape index (κ1) is 69.5. The number of nitrogens with two attached hydrogens (primary N) is 3. The largest absolute Gasteiger partial charge is 0.508 e. The standard InChI is InChI=1S/C56H78N16O15S/c1-29(2)19-38(48(80)65-37(9-5-17-61-56(58)59)55(87)72-18-6-10-44(72)54(86)63-25-46(77)78)67-53(85)43(27-88)71-49(81)39(20-30-11-13-33(74)14-12-30)68-52(84)42(26-73)70-50(82)40(21-31-23-62-36-8-4-3-7-34(31)36)69-51(83)41(22-32-24-60-28-64-32)66-47(79)35(57)15-16-45(75)76/h3-4,7-8,11-14,23-24,28-29,35,37-44,62,73-74,88H,5-6,9-10,15-22,25-27,57H2,1-2H3,(H,60,64)(H,63,86)(H,65,80)(H,66,79)(H,67,85)(H,68,84)(H,69,83)(H,70,82)(H,71,81)(H,75,76)(H,77,78)(H4,58,59,61)/t35-,37-,38-,39-,40-,41-,42-,43-,44-/m0/s1. The molecule has 9 atom stereocenters. The Balaban J connectivity index is 1.36. The van der Waals surface area contributed by atoms with Gasteiger partial charge in [0.25, 0.3) is 0 Å². The SMILES string of the molecule is CC(C)C[C@H](NC(=O)[C@H](CS)NC(=O)[C@H](Cc1ccc(O)cc1)NC(=O)[C@H](CO)NC(=O)[C@H](Cc1c[nH]c2ccccc12)NC(=O)[C@H](Cc1cnc[nH]1)NC(=O)[C@@H](N)CCC(=O)O)C(=O)N[C@@H](CCCN=C(N)N)C(=O)N1CCC[C@H]1C(=O)NCC(=O)O. The van der Waals surface area contributed by atoms with Gasteiger partial charge in [0.1, 0.15) is 60.6 Å². The molecule has 4 aromatic rings. The minimum absolute atomic E-state index is 0.0109. The Bertz CT molecular complexity index is 3100. The summed E-state index contributed by atoms with van der Waals surface area (Å²) >= 11 is 4.32. The molecule has 5 rings (SSSR count). The van der Waals surface area contributed by atoms with Gasteiger partial charge in [-0.25, -0.2) is 4.98 Å². The number of imidazole rings is 1. The van der Waals surface area contributed by atoms with E-state index in [1.165, 1.54) is 41.7 Å². The zero-order chi connectivity index (χ0) is 64.6. The molecule has 0 bridgehead atoms. The summed E-state index contributed by atoms with van der Waals surface area (Å²) in [6.45, 7) is 1.96. The Kier molecular flexibility index (Phi) is 27.0. The van der Waals surface area contributed by atoms with Crippen LogP contribution >= 0.6 is 12.6 Å². The highest BCUT2D eigenvalue weighted by Crippen LogP contribution is 2.22. The number of aromatic nitrogens is 3. The van der Waals surface area contributed by atoms with E-state index in [0.717, 1.165) is 0 Å². The van der Waals surface area contributed by atoms with Crippen molar-refractivity contribution in [2.75, 3.05) is 32.0 Å². The monoisotopic (exact) mass is 1250 g/mol. The number of aliphatic hydroxyl groups is 1. The number of nitrogens with one attached hydrogen (secondary N) is 10. The fourth-order valence-corrected chi connectivity index (χ4v) is 9.85. The minimum atomic E-state index is -1.82. The van der Waals surface area contributed by atoms with Crippen molar-refractivity contribution in [3.8, 4) is 5.75 Å². The van der Waals surface area contributed by atoms with E-state index in [9.17, 15) is 63.0 Å². The van der Waals surface area contributed by atoms with Gasteiger partial charge in [-0.1, -0.05) is 44.2 Å². The summed E-state index contributed by atoms with van der Waals surface area (Å²) < 4.78 is 0. The van der Waals surface area contributed by atoms with E-state index in [1.807, 2.05) is 0 Å². The Labute approximate surface area is 510 Å². The number of aliphatic hydroxyl groups excluding tert-OH is 1. The van der Waals surface area contributed by atoms with Crippen LogP contribution in [0.5, 0.6) is 5.75 Å². The number of aromatic amines is 2. The summed E-state index contributed by atoms with van der Waals surface area (Å²) in [5.41, 5.74) is 18.9. The number of H-pyrrole nitrogens is 2. The van der Waals surface area contributed by atoms with E-state index in [-0.39, 0.29) is 87.8 Å². The van der Waals surface area contributed by atoms with E-state index in [0.29, 0.717) is 34.1 Å². The molecule has 88 heavy (non-hydrogen) atoms. The molecule has 1 saturated heterocycles. The number of carboxylic acid groups (broad SMARTS) is 2. The van der Waals surface area contributed by atoms with Gasteiger partial charge in [-0.05, 0) is 73.8 Å². The van der Waals surface area contributed by atoms with Crippen LogP contribution in [0.3, 0.4) is 0 Å². The molecule has 2 aromatic carbocycles. The molecule has 31 nitrogen and oxygen atoms in total. The number of thiol groups is 1. The third kappa shape index (κ3) is 21.6. The molecule has 1 fully saturated rings. The number of carboxylic acids is 2. The number of amides is 9. The predicted molar refractivity (Wildman–Crippen MR) is 320 cm³/mol. The van der Waals surface area contributed by atoms with Crippen LogP contribution in [0.1, 0.15) is 75.6 Å². The summed E-state index contributed by atoms with van der Waals surface area (Å²) in [5.74, 6) is -11.4. The number of likely N-dealkylation sites (tertiary alicyclic amines) is 1. The van der Waals surface area contributed by atoms with Crippen LogP contribution in [0.15, 0.2) is 72.2 Å². The second-order valence-electron chi connectivity index (χ2n) is 21.4. The highest BCUT2D eigenvalue weighted by Gasteiger charge is 2.40. The maximum atomic E-state index is 14.5.